The zero-order valence-corrected chi connectivity index (χ0v) is 23.9. The lowest BCUT2D eigenvalue weighted by Crippen LogP contribution is -2.33. The first-order valence-corrected chi connectivity index (χ1v) is 13.7. The fourth-order valence-electron chi connectivity index (χ4n) is 4.29. The molecule has 0 fully saturated rings. The van der Waals surface area contributed by atoms with E-state index in [1.54, 1.807) is 0 Å². The first-order valence-electron chi connectivity index (χ1n) is 13.7. The van der Waals surface area contributed by atoms with Gasteiger partial charge in [0, 0.05) is 33.0 Å². The zero-order chi connectivity index (χ0) is 28.3. The van der Waals surface area contributed by atoms with Gasteiger partial charge in [0.1, 0.15) is 0 Å². The molecule has 4 nitrogen and oxygen atoms in total. The molecule has 0 aliphatic carbocycles. The van der Waals surface area contributed by atoms with Crippen molar-refractivity contribution in [3.63, 3.8) is 0 Å². The van der Waals surface area contributed by atoms with Gasteiger partial charge in [-0.1, -0.05) is 31.1 Å². The van der Waals surface area contributed by atoms with Crippen LogP contribution in [0, 0.1) is 5.41 Å². The predicted molar refractivity (Wildman–Crippen MR) is 147 cm³/mol. The fourth-order valence-corrected chi connectivity index (χ4v) is 4.29. The molecule has 0 unspecified atom stereocenters. The highest BCUT2D eigenvalue weighted by atomic mass is 19.4. The molecular weight excluding hydrogens is 481 g/mol. The first kappa shape index (κ1) is 35.9. The SMILES string of the molecule is C=CCC(CC=C)(CC=C)CCCCCOCCC(C)(C)OCCCCOCCC(C)(C)OC(F)(F)F. The molecule has 7 heteroatoms. The minimum atomic E-state index is -4.63. The molecule has 0 rings (SSSR count). The molecule has 0 heterocycles. The summed E-state index contributed by atoms with van der Waals surface area (Å²) in [5, 5.41) is 0. The summed E-state index contributed by atoms with van der Waals surface area (Å²) in [6, 6.07) is 0. The summed E-state index contributed by atoms with van der Waals surface area (Å²) < 4.78 is 58.4. The van der Waals surface area contributed by atoms with Gasteiger partial charge in [0.15, 0.2) is 0 Å². The Bertz CT molecular complexity index is 588. The van der Waals surface area contributed by atoms with Gasteiger partial charge in [-0.05, 0) is 90.9 Å². The second-order valence-corrected chi connectivity index (χ2v) is 11.1. The second-order valence-electron chi connectivity index (χ2n) is 11.1. The van der Waals surface area contributed by atoms with Crippen LogP contribution in [0.25, 0.3) is 0 Å². The Balaban J connectivity index is 3.84. The van der Waals surface area contributed by atoms with Gasteiger partial charge in [0.25, 0.3) is 0 Å². The van der Waals surface area contributed by atoms with Gasteiger partial charge in [-0.15, -0.1) is 32.9 Å². The van der Waals surface area contributed by atoms with Crippen molar-refractivity contribution in [1.82, 2.24) is 0 Å². The van der Waals surface area contributed by atoms with E-state index < -0.39 is 12.0 Å². The Hall–Kier alpha value is -1.15. The smallest absolute Gasteiger partial charge is 0.381 e. The number of hydrogen-bond acceptors (Lipinski definition) is 4. The highest BCUT2D eigenvalue weighted by molar-refractivity contribution is 4.95. The molecule has 0 spiro atoms. The van der Waals surface area contributed by atoms with E-state index in [2.05, 4.69) is 38.3 Å². The molecule has 0 atom stereocenters. The topological polar surface area (TPSA) is 36.9 Å². The molecule has 37 heavy (non-hydrogen) atoms. The normalized spacial score (nSPS) is 13.1. The molecule has 218 valence electrons. The van der Waals surface area contributed by atoms with Crippen molar-refractivity contribution in [1.29, 1.82) is 0 Å². The Labute approximate surface area is 224 Å². The van der Waals surface area contributed by atoms with Crippen molar-refractivity contribution in [2.24, 2.45) is 5.41 Å². The third-order valence-corrected chi connectivity index (χ3v) is 6.49. The molecule has 0 saturated heterocycles. The second kappa shape index (κ2) is 19.0. The van der Waals surface area contributed by atoms with Crippen molar-refractivity contribution in [3.8, 4) is 0 Å². The third kappa shape index (κ3) is 20.5. The standard InChI is InChI=1S/C30H53F3O4/c1-8-16-29(17-9-2,18-10-3)19-12-11-13-22-34-25-20-27(4,5)36-24-15-14-23-35-26-21-28(6,7)37-30(31,32)33/h8-10H,1-3,11-26H2,4-7H3. The maximum atomic E-state index is 12.3. The van der Waals surface area contributed by atoms with Gasteiger partial charge in [-0.2, -0.15) is 0 Å². The molecule has 0 aromatic rings. The van der Waals surface area contributed by atoms with Crippen LogP contribution in [-0.4, -0.2) is 50.6 Å². The molecule has 0 aliphatic heterocycles. The first-order chi connectivity index (χ1) is 17.3. The van der Waals surface area contributed by atoms with E-state index in [1.807, 2.05) is 18.2 Å². The van der Waals surface area contributed by atoms with Crippen LogP contribution in [0.5, 0.6) is 0 Å². The van der Waals surface area contributed by atoms with Crippen molar-refractivity contribution in [2.75, 3.05) is 33.0 Å². The van der Waals surface area contributed by atoms with Crippen LogP contribution in [0.15, 0.2) is 38.0 Å². The van der Waals surface area contributed by atoms with Crippen LogP contribution in [0.4, 0.5) is 13.2 Å². The Morgan fingerprint density at radius 3 is 1.51 bits per heavy atom. The Kier molecular flexibility index (Phi) is 18.4. The average Bonchev–Trinajstić information content (AvgIpc) is 2.76. The zero-order valence-electron chi connectivity index (χ0n) is 23.9. The lowest BCUT2D eigenvalue weighted by Gasteiger charge is -2.31. The minimum absolute atomic E-state index is 0.177. The molecular formula is C30H53F3O4. The van der Waals surface area contributed by atoms with E-state index in [9.17, 15) is 13.2 Å². The van der Waals surface area contributed by atoms with Crippen LogP contribution >= 0.6 is 0 Å². The summed E-state index contributed by atoms with van der Waals surface area (Å²) >= 11 is 0. The number of halogens is 3. The van der Waals surface area contributed by atoms with Crippen LogP contribution < -0.4 is 0 Å². The van der Waals surface area contributed by atoms with Gasteiger partial charge in [-0.3, -0.25) is 4.74 Å². The number of ether oxygens (including phenoxy) is 4. The molecule has 0 aromatic carbocycles. The van der Waals surface area contributed by atoms with Crippen molar-refractivity contribution >= 4 is 0 Å². The summed E-state index contributed by atoms with van der Waals surface area (Å²) in [6.07, 6.45) is 11.5. The van der Waals surface area contributed by atoms with Crippen LogP contribution in [0.2, 0.25) is 0 Å². The van der Waals surface area contributed by atoms with Gasteiger partial charge in [0.2, 0.25) is 0 Å². The van der Waals surface area contributed by atoms with Gasteiger partial charge in [-0.25, -0.2) is 0 Å². The molecule has 0 aromatic heterocycles. The van der Waals surface area contributed by atoms with Gasteiger partial charge >= 0.3 is 6.36 Å². The lowest BCUT2D eigenvalue weighted by atomic mass is 9.74. The van der Waals surface area contributed by atoms with Crippen molar-refractivity contribution in [2.45, 2.75) is 116 Å². The average molecular weight is 535 g/mol. The van der Waals surface area contributed by atoms with Gasteiger partial charge < -0.3 is 14.2 Å². The summed E-state index contributed by atoms with van der Waals surface area (Å²) in [7, 11) is 0. The largest absolute Gasteiger partial charge is 0.523 e. The van der Waals surface area contributed by atoms with E-state index in [-0.39, 0.29) is 24.0 Å². The van der Waals surface area contributed by atoms with Gasteiger partial charge in [0.05, 0.1) is 11.2 Å². The number of unbranched alkanes of at least 4 members (excludes halogenated alkanes) is 3. The maximum absolute atomic E-state index is 12.3. The summed E-state index contributed by atoms with van der Waals surface area (Å²) in [6.45, 7) is 21.5. The summed E-state index contributed by atoms with van der Waals surface area (Å²) in [4.78, 5) is 0. The van der Waals surface area contributed by atoms with Crippen LogP contribution in [0.1, 0.15) is 98.3 Å². The van der Waals surface area contributed by atoms with Crippen molar-refractivity contribution < 1.29 is 32.1 Å². The van der Waals surface area contributed by atoms with E-state index in [0.29, 0.717) is 19.8 Å². The van der Waals surface area contributed by atoms with E-state index in [0.717, 1.165) is 70.8 Å². The van der Waals surface area contributed by atoms with Crippen LogP contribution in [0.3, 0.4) is 0 Å². The number of allylic oxidation sites excluding steroid dienone is 3. The quantitative estimate of drug-likeness (QED) is 0.0865. The molecule has 0 radical (unpaired) electrons. The van der Waals surface area contributed by atoms with E-state index >= 15 is 0 Å². The van der Waals surface area contributed by atoms with E-state index in [4.69, 9.17) is 14.2 Å². The molecule has 0 bridgehead atoms. The Morgan fingerprint density at radius 2 is 1.03 bits per heavy atom. The molecule has 0 amide bonds. The summed E-state index contributed by atoms with van der Waals surface area (Å²) in [5.74, 6) is 0. The highest BCUT2D eigenvalue weighted by Crippen LogP contribution is 2.38. The predicted octanol–water partition coefficient (Wildman–Crippen LogP) is 8.97. The summed E-state index contributed by atoms with van der Waals surface area (Å²) in [5.41, 5.74) is -1.34. The molecule has 0 aliphatic rings. The van der Waals surface area contributed by atoms with Crippen molar-refractivity contribution in [3.05, 3.63) is 38.0 Å². The van der Waals surface area contributed by atoms with E-state index in [1.165, 1.54) is 13.8 Å². The fraction of sp³-hybridized carbons (Fsp3) is 0.800. The monoisotopic (exact) mass is 534 g/mol. The molecule has 0 saturated carbocycles. The highest BCUT2D eigenvalue weighted by Gasteiger charge is 2.37. The minimum Gasteiger partial charge on any atom is -0.381 e. The number of hydrogen-bond donors (Lipinski definition) is 0. The number of alkyl halides is 3. The molecule has 0 N–H and O–H groups in total. The Morgan fingerprint density at radius 1 is 0.568 bits per heavy atom. The number of rotatable bonds is 25. The van der Waals surface area contributed by atoms with Crippen LogP contribution in [-0.2, 0) is 18.9 Å². The third-order valence-electron chi connectivity index (χ3n) is 6.49. The maximum Gasteiger partial charge on any atom is 0.523 e. The lowest BCUT2D eigenvalue weighted by molar-refractivity contribution is -0.362.